The highest BCUT2D eigenvalue weighted by atomic mass is 79.9. The maximum absolute atomic E-state index is 12.7. The molecule has 0 bridgehead atoms. The lowest BCUT2D eigenvalue weighted by molar-refractivity contribution is -0.128. The van der Waals surface area contributed by atoms with E-state index >= 15 is 0 Å². The molecule has 1 aliphatic carbocycles. The molecular formula is C19H22BrClN2O2. The lowest BCUT2D eigenvalue weighted by Gasteiger charge is -2.21. The maximum Gasteiger partial charge on any atom is 0.265 e. The van der Waals surface area contributed by atoms with Crippen molar-refractivity contribution in [3.63, 3.8) is 0 Å². The first-order chi connectivity index (χ1) is 11.6. The van der Waals surface area contributed by atoms with E-state index in [0.717, 1.165) is 22.9 Å². The van der Waals surface area contributed by atoms with Crippen molar-refractivity contribution in [3.8, 4) is 5.75 Å². The van der Waals surface area contributed by atoms with Crippen LogP contribution in [-0.4, -0.2) is 18.5 Å². The number of carbonyl (C=O) groups excluding carboxylic acids is 1. The van der Waals surface area contributed by atoms with Crippen LogP contribution in [-0.2, 0) is 4.79 Å². The molecule has 6 heteroatoms. The Morgan fingerprint density at radius 2 is 1.80 bits per heavy atom. The first kappa shape index (κ1) is 19.8. The first-order valence-electron chi connectivity index (χ1n) is 8.14. The van der Waals surface area contributed by atoms with Gasteiger partial charge in [0.1, 0.15) is 5.75 Å². The Morgan fingerprint density at radius 3 is 2.44 bits per heavy atom. The molecule has 3 rings (SSSR count). The van der Waals surface area contributed by atoms with Crippen LogP contribution >= 0.6 is 28.3 Å². The van der Waals surface area contributed by atoms with Crippen molar-refractivity contribution in [1.29, 1.82) is 0 Å². The van der Waals surface area contributed by atoms with Gasteiger partial charge < -0.3 is 15.8 Å². The molecule has 3 N–H and O–H groups in total. The minimum absolute atomic E-state index is 0. The van der Waals surface area contributed by atoms with E-state index < -0.39 is 6.10 Å². The molecule has 0 heterocycles. The molecule has 1 saturated carbocycles. The Labute approximate surface area is 162 Å². The van der Waals surface area contributed by atoms with E-state index in [1.165, 1.54) is 0 Å². The molecule has 1 amide bonds. The van der Waals surface area contributed by atoms with Gasteiger partial charge in [-0.05, 0) is 46.8 Å². The van der Waals surface area contributed by atoms with E-state index in [4.69, 9.17) is 10.5 Å². The number of ether oxygens (including phenoxy) is 1. The van der Waals surface area contributed by atoms with E-state index in [1.807, 2.05) is 54.6 Å². The summed E-state index contributed by atoms with van der Waals surface area (Å²) in [5.41, 5.74) is 6.89. The number of benzene rings is 2. The molecule has 1 fully saturated rings. The number of nitrogens with one attached hydrogen (secondary N) is 1. The molecule has 0 saturated heterocycles. The monoisotopic (exact) mass is 424 g/mol. The number of halogens is 2. The zero-order valence-corrected chi connectivity index (χ0v) is 16.1. The summed E-state index contributed by atoms with van der Waals surface area (Å²) in [6, 6.07) is 17.0. The SMILES string of the molecule is Cl.NC(CNC(=O)C(Oc1ccccc1Br)c1ccccc1)C1CC1. The van der Waals surface area contributed by atoms with Gasteiger partial charge in [-0.1, -0.05) is 42.5 Å². The summed E-state index contributed by atoms with van der Waals surface area (Å²) in [5.74, 6) is 1.01. The summed E-state index contributed by atoms with van der Waals surface area (Å²) in [6.45, 7) is 0.478. The van der Waals surface area contributed by atoms with Gasteiger partial charge in [-0.2, -0.15) is 0 Å². The van der Waals surface area contributed by atoms with Crippen LogP contribution in [0.15, 0.2) is 59.1 Å². The predicted octanol–water partition coefficient (Wildman–Crippen LogP) is 3.84. The third kappa shape index (κ3) is 5.46. The van der Waals surface area contributed by atoms with Gasteiger partial charge in [0.15, 0.2) is 0 Å². The van der Waals surface area contributed by atoms with Crippen LogP contribution in [0.2, 0.25) is 0 Å². The average molecular weight is 426 g/mol. The van der Waals surface area contributed by atoms with Crippen molar-refractivity contribution >= 4 is 34.2 Å². The molecule has 2 aromatic carbocycles. The fourth-order valence-corrected chi connectivity index (χ4v) is 2.95. The summed E-state index contributed by atoms with van der Waals surface area (Å²) in [6.07, 6.45) is 1.61. The molecule has 4 nitrogen and oxygen atoms in total. The number of nitrogens with two attached hydrogens (primary N) is 1. The normalized spacial score (nSPS) is 15.6. The third-order valence-corrected chi connectivity index (χ3v) is 4.82. The highest BCUT2D eigenvalue weighted by molar-refractivity contribution is 9.10. The van der Waals surface area contributed by atoms with Crippen molar-refractivity contribution in [2.75, 3.05) is 6.54 Å². The summed E-state index contributed by atoms with van der Waals surface area (Å²) >= 11 is 3.46. The van der Waals surface area contributed by atoms with E-state index in [0.29, 0.717) is 18.2 Å². The van der Waals surface area contributed by atoms with Gasteiger partial charge in [0.25, 0.3) is 5.91 Å². The van der Waals surface area contributed by atoms with Crippen LogP contribution in [0, 0.1) is 5.92 Å². The number of para-hydroxylation sites is 1. The second-order valence-corrected chi connectivity index (χ2v) is 6.94. The van der Waals surface area contributed by atoms with Crippen LogP contribution in [0.5, 0.6) is 5.75 Å². The molecule has 1 aliphatic rings. The Bertz CT molecular complexity index is 695. The lowest BCUT2D eigenvalue weighted by atomic mass is 10.1. The van der Waals surface area contributed by atoms with Crippen molar-refractivity contribution in [2.24, 2.45) is 11.7 Å². The van der Waals surface area contributed by atoms with Gasteiger partial charge in [0, 0.05) is 18.2 Å². The van der Waals surface area contributed by atoms with Crippen molar-refractivity contribution < 1.29 is 9.53 Å². The number of carbonyl (C=O) groups is 1. The number of amides is 1. The first-order valence-corrected chi connectivity index (χ1v) is 8.94. The third-order valence-electron chi connectivity index (χ3n) is 4.16. The Balaban J connectivity index is 0.00000225. The topological polar surface area (TPSA) is 64.3 Å². The molecular weight excluding hydrogens is 404 g/mol. The van der Waals surface area contributed by atoms with Gasteiger partial charge >= 0.3 is 0 Å². The zero-order valence-electron chi connectivity index (χ0n) is 13.7. The molecule has 2 unspecified atom stereocenters. The largest absolute Gasteiger partial charge is 0.475 e. The van der Waals surface area contributed by atoms with Gasteiger partial charge in [-0.25, -0.2) is 0 Å². The maximum atomic E-state index is 12.7. The van der Waals surface area contributed by atoms with E-state index in [-0.39, 0.29) is 24.4 Å². The molecule has 0 aliphatic heterocycles. The van der Waals surface area contributed by atoms with Crippen LogP contribution in [0.4, 0.5) is 0 Å². The Morgan fingerprint density at radius 1 is 1.16 bits per heavy atom. The van der Waals surface area contributed by atoms with E-state index in [1.54, 1.807) is 0 Å². The summed E-state index contributed by atoms with van der Waals surface area (Å²) in [5, 5.41) is 2.94. The molecule has 2 atom stereocenters. The number of hydrogen-bond donors (Lipinski definition) is 2. The summed E-state index contributed by atoms with van der Waals surface area (Å²) in [7, 11) is 0. The van der Waals surface area contributed by atoms with Crippen LogP contribution in [0.3, 0.4) is 0 Å². The molecule has 25 heavy (non-hydrogen) atoms. The van der Waals surface area contributed by atoms with Crippen molar-refractivity contribution in [1.82, 2.24) is 5.32 Å². The second kappa shape index (κ2) is 9.22. The molecule has 134 valence electrons. The fraction of sp³-hybridized carbons (Fsp3) is 0.316. The van der Waals surface area contributed by atoms with Gasteiger partial charge in [0.2, 0.25) is 6.10 Å². The average Bonchev–Trinajstić information content (AvgIpc) is 3.44. The minimum Gasteiger partial charge on any atom is -0.475 e. The highest BCUT2D eigenvalue weighted by Crippen LogP contribution is 2.32. The number of hydrogen-bond acceptors (Lipinski definition) is 3. The predicted molar refractivity (Wildman–Crippen MR) is 105 cm³/mol. The Hall–Kier alpha value is -1.56. The summed E-state index contributed by atoms with van der Waals surface area (Å²) < 4.78 is 6.82. The smallest absolute Gasteiger partial charge is 0.265 e. The molecule has 0 aromatic heterocycles. The minimum atomic E-state index is -0.712. The molecule has 0 radical (unpaired) electrons. The molecule has 2 aromatic rings. The van der Waals surface area contributed by atoms with Crippen LogP contribution in [0.1, 0.15) is 24.5 Å². The quantitative estimate of drug-likeness (QED) is 0.708. The standard InChI is InChI=1S/C19H21BrN2O2.ClH/c20-15-8-4-5-9-17(15)24-18(14-6-2-1-3-7-14)19(23)22-12-16(21)13-10-11-13;/h1-9,13,16,18H,10-12,21H2,(H,22,23);1H. The lowest BCUT2D eigenvalue weighted by Crippen LogP contribution is -2.41. The Kier molecular flexibility index (Phi) is 7.29. The van der Waals surface area contributed by atoms with Crippen LogP contribution < -0.4 is 15.8 Å². The zero-order chi connectivity index (χ0) is 16.9. The van der Waals surface area contributed by atoms with Gasteiger partial charge in [-0.3, -0.25) is 4.79 Å². The number of rotatable bonds is 7. The van der Waals surface area contributed by atoms with E-state index in [9.17, 15) is 4.79 Å². The van der Waals surface area contributed by atoms with Gasteiger partial charge in [-0.15, -0.1) is 12.4 Å². The highest BCUT2D eigenvalue weighted by Gasteiger charge is 2.30. The van der Waals surface area contributed by atoms with Crippen molar-refractivity contribution in [2.45, 2.75) is 25.0 Å². The second-order valence-electron chi connectivity index (χ2n) is 6.09. The fourth-order valence-electron chi connectivity index (χ4n) is 2.57. The van der Waals surface area contributed by atoms with E-state index in [2.05, 4.69) is 21.2 Å². The summed E-state index contributed by atoms with van der Waals surface area (Å²) in [4.78, 5) is 12.7. The van der Waals surface area contributed by atoms with Gasteiger partial charge in [0.05, 0.1) is 4.47 Å². The van der Waals surface area contributed by atoms with Crippen molar-refractivity contribution in [3.05, 3.63) is 64.6 Å². The van der Waals surface area contributed by atoms with Crippen LogP contribution in [0.25, 0.3) is 0 Å². The molecule has 0 spiro atoms.